The molecule has 1 aromatic heterocycles. The molecule has 0 aliphatic carbocycles. The van der Waals surface area contributed by atoms with E-state index in [2.05, 4.69) is 16.0 Å². The predicted molar refractivity (Wildman–Crippen MR) is 102 cm³/mol. The van der Waals surface area contributed by atoms with Gasteiger partial charge in [-0.15, -0.1) is 0 Å². The highest BCUT2D eigenvalue weighted by Gasteiger charge is 2.24. The number of rotatable bonds is 5. The van der Waals surface area contributed by atoms with Crippen molar-refractivity contribution in [1.29, 1.82) is 0 Å². The van der Waals surface area contributed by atoms with Gasteiger partial charge in [0.25, 0.3) is 5.91 Å². The third kappa shape index (κ3) is 4.34. The molecule has 1 aliphatic heterocycles. The first-order valence-electron chi connectivity index (χ1n) is 9.10. The van der Waals surface area contributed by atoms with E-state index < -0.39 is 0 Å². The van der Waals surface area contributed by atoms with E-state index in [1.54, 1.807) is 12.3 Å². The molecule has 0 radical (unpaired) electrons. The maximum atomic E-state index is 12.4. The molecule has 0 N–H and O–H groups in total. The first-order chi connectivity index (χ1) is 13.3. The highest BCUT2D eigenvalue weighted by atomic mass is 16.5. The SMILES string of the molecule is O=C(COc1ccc2ccccc2c1)N1CCC(Oc2ccncn2)CC1. The second-order valence-corrected chi connectivity index (χ2v) is 6.54. The number of likely N-dealkylation sites (tertiary alicyclic amines) is 1. The number of nitrogens with zero attached hydrogens (tertiary/aromatic N) is 3. The van der Waals surface area contributed by atoms with Crippen LogP contribution in [0.15, 0.2) is 61.1 Å². The number of aromatic nitrogens is 2. The molecule has 1 aliphatic rings. The predicted octanol–water partition coefficient (Wildman–Crippen LogP) is 3.08. The number of carbonyl (C=O) groups is 1. The normalized spacial score (nSPS) is 14.9. The molecule has 6 nitrogen and oxygen atoms in total. The monoisotopic (exact) mass is 363 g/mol. The molecule has 1 saturated heterocycles. The maximum absolute atomic E-state index is 12.4. The Labute approximate surface area is 157 Å². The van der Waals surface area contributed by atoms with Gasteiger partial charge in [-0.2, -0.15) is 0 Å². The van der Waals surface area contributed by atoms with Crippen LogP contribution >= 0.6 is 0 Å². The zero-order chi connectivity index (χ0) is 18.5. The van der Waals surface area contributed by atoms with E-state index in [-0.39, 0.29) is 18.6 Å². The Kier molecular flexibility index (Phi) is 5.14. The van der Waals surface area contributed by atoms with Crippen LogP contribution in [0.25, 0.3) is 10.8 Å². The third-order valence-electron chi connectivity index (χ3n) is 4.72. The van der Waals surface area contributed by atoms with Crippen LogP contribution in [0.5, 0.6) is 11.6 Å². The van der Waals surface area contributed by atoms with Crippen molar-refractivity contribution in [2.24, 2.45) is 0 Å². The zero-order valence-electron chi connectivity index (χ0n) is 15.0. The Bertz CT molecular complexity index is 909. The van der Waals surface area contributed by atoms with Gasteiger partial charge in [0, 0.05) is 38.2 Å². The van der Waals surface area contributed by atoms with Gasteiger partial charge in [-0.25, -0.2) is 9.97 Å². The molecular weight excluding hydrogens is 342 g/mol. The average molecular weight is 363 g/mol. The first-order valence-corrected chi connectivity index (χ1v) is 9.10. The largest absolute Gasteiger partial charge is 0.484 e. The summed E-state index contributed by atoms with van der Waals surface area (Å²) in [5.41, 5.74) is 0. The Morgan fingerprint density at radius 2 is 1.89 bits per heavy atom. The van der Waals surface area contributed by atoms with E-state index in [1.807, 2.05) is 41.3 Å². The fraction of sp³-hybridized carbons (Fsp3) is 0.286. The minimum absolute atomic E-state index is 0.00337. The number of ether oxygens (including phenoxy) is 2. The standard InChI is InChI=1S/C21H21N3O3/c25-21(14-26-19-6-5-16-3-1-2-4-17(16)13-19)24-11-8-18(9-12-24)27-20-7-10-22-15-23-20/h1-7,10,13,15,18H,8-9,11-12,14H2. The van der Waals surface area contributed by atoms with Crippen molar-refractivity contribution in [2.75, 3.05) is 19.7 Å². The van der Waals surface area contributed by atoms with Gasteiger partial charge in [0.1, 0.15) is 18.2 Å². The molecule has 138 valence electrons. The van der Waals surface area contributed by atoms with E-state index in [0.717, 1.165) is 23.6 Å². The Hall–Kier alpha value is -3.15. The van der Waals surface area contributed by atoms with Crippen molar-refractivity contribution in [2.45, 2.75) is 18.9 Å². The molecule has 1 amide bonds. The van der Waals surface area contributed by atoms with E-state index in [1.165, 1.54) is 6.33 Å². The Balaban J connectivity index is 1.26. The molecule has 0 unspecified atom stereocenters. The lowest BCUT2D eigenvalue weighted by atomic mass is 10.1. The van der Waals surface area contributed by atoms with Crippen LogP contribution in [-0.4, -0.2) is 46.6 Å². The molecule has 4 rings (SSSR count). The second-order valence-electron chi connectivity index (χ2n) is 6.54. The molecule has 2 aromatic carbocycles. The van der Waals surface area contributed by atoms with Crippen molar-refractivity contribution in [3.63, 3.8) is 0 Å². The lowest BCUT2D eigenvalue weighted by molar-refractivity contribution is -0.135. The van der Waals surface area contributed by atoms with Crippen molar-refractivity contribution in [3.05, 3.63) is 61.1 Å². The fourth-order valence-corrected chi connectivity index (χ4v) is 3.24. The molecule has 0 atom stereocenters. The van der Waals surface area contributed by atoms with Crippen molar-refractivity contribution < 1.29 is 14.3 Å². The number of carbonyl (C=O) groups excluding carboxylic acids is 1. The van der Waals surface area contributed by atoms with Gasteiger partial charge in [0.2, 0.25) is 5.88 Å². The van der Waals surface area contributed by atoms with Gasteiger partial charge in [0.15, 0.2) is 6.61 Å². The molecule has 0 bridgehead atoms. The summed E-state index contributed by atoms with van der Waals surface area (Å²) in [5, 5.41) is 2.26. The van der Waals surface area contributed by atoms with Crippen molar-refractivity contribution in [3.8, 4) is 11.6 Å². The summed E-state index contributed by atoms with van der Waals surface area (Å²) < 4.78 is 11.5. The zero-order valence-corrected chi connectivity index (χ0v) is 15.0. The lowest BCUT2D eigenvalue weighted by Gasteiger charge is -2.31. The Morgan fingerprint density at radius 1 is 1.07 bits per heavy atom. The third-order valence-corrected chi connectivity index (χ3v) is 4.72. The van der Waals surface area contributed by atoms with Gasteiger partial charge < -0.3 is 14.4 Å². The van der Waals surface area contributed by atoms with Crippen LogP contribution in [0.4, 0.5) is 0 Å². The molecule has 2 heterocycles. The van der Waals surface area contributed by atoms with Crippen LogP contribution in [0, 0.1) is 0 Å². The quantitative estimate of drug-likeness (QED) is 0.697. The molecule has 0 saturated carbocycles. The smallest absolute Gasteiger partial charge is 0.260 e. The van der Waals surface area contributed by atoms with Crippen LogP contribution in [0.3, 0.4) is 0 Å². The summed E-state index contributed by atoms with van der Waals surface area (Å²) in [7, 11) is 0. The average Bonchev–Trinajstić information content (AvgIpc) is 2.73. The van der Waals surface area contributed by atoms with Gasteiger partial charge >= 0.3 is 0 Å². The molecule has 3 aromatic rings. The molecule has 1 fully saturated rings. The molecule has 27 heavy (non-hydrogen) atoms. The summed E-state index contributed by atoms with van der Waals surface area (Å²) in [6.45, 7) is 1.38. The van der Waals surface area contributed by atoms with Gasteiger partial charge in [-0.3, -0.25) is 4.79 Å². The number of amides is 1. The highest BCUT2D eigenvalue weighted by Crippen LogP contribution is 2.21. The van der Waals surface area contributed by atoms with E-state index in [9.17, 15) is 4.79 Å². The Morgan fingerprint density at radius 3 is 2.67 bits per heavy atom. The van der Waals surface area contributed by atoms with E-state index in [0.29, 0.717) is 24.7 Å². The van der Waals surface area contributed by atoms with Gasteiger partial charge in [-0.1, -0.05) is 30.3 Å². The minimum atomic E-state index is 0.00337. The summed E-state index contributed by atoms with van der Waals surface area (Å²) in [5.74, 6) is 1.29. The van der Waals surface area contributed by atoms with Crippen molar-refractivity contribution in [1.82, 2.24) is 14.9 Å². The van der Waals surface area contributed by atoms with Crippen LogP contribution in [-0.2, 0) is 4.79 Å². The molecule has 6 heteroatoms. The number of fused-ring (bicyclic) bond motifs is 1. The fourth-order valence-electron chi connectivity index (χ4n) is 3.24. The highest BCUT2D eigenvalue weighted by molar-refractivity contribution is 5.84. The molecular formula is C21H21N3O3. The number of piperidine rings is 1. The van der Waals surface area contributed by atoms with Gasteiger partial charge in [0.05, 0.1) is 0 Å². The summed E-state index contributed by atoms with van der Waals surface area (Å²) in [6.07, 6.45) is 4.77. The van der Waals surface area contributed by atoms with Crippen molar-refractivity contribution >= 4 is 16.7 Å². The second kappa shape index (κ2) is 8.03. The van der Waals surface area contributed by atoms with E-state index >= 15 is 0 Å². The summed E-state index contributed by atoms with van der Waals surface area (Å²) in [6, 6.07) is 15.7. The van der Waals surface area contributed by atoms with Crippen LogP contribution in [0.2, 0.25) is 0 Å². The lowest BCUT2D eigenvalue weighted by Crippen LogP contribution is -2.43. The number of hydrogen-bond donors (Lipinski definition) is 0. The molecule has 0 spiro atoms. The topological polar surface area (TPSA) is 64.5 Å². The maximum Gasteiger partial charge on any atom is 0.260 e. The minimum Gasteiger partial charge on any atom is -0.484 e. The number of benzene rings is 2. The number of hydrogen-bond acceptors (Lipinski definition) is 5. The first kappa shape index (κ1) is 17.3. The summed E-state index contributed by atoms with van der Waals surface area (Å²) >= 11 is 0. The van der Waals surface area contributed by atoms with E-state index in [4.69, 9.17) is 9.47 Å². The van der Waals surface area contributed by atoms with Crippen LogP contribution < -0.4 is 9.47 Å². The van der Waals surface area contributed by atoms with Gasteiger partial charge in [-0.05, 0) is 22.9 Å². The van der Waals surface area contributed by atoms with Crippen LogP contribution in [0.1, 0.15) is 12.8 Å². The summed E-state index contributed by atoms with van der Waals surface area (Å²) in [4.78, 5) is 22.2.